The Bertz CT molecular complexity index is 709. The number of piperazine rings is 1. The lowest BCUT2D eigenvalue weighted by molar-refractivity contribution is 0.383. The zero-order valence-electron chi connectivity index (χ0n) is 11.1. The second kappa shape index (κ2) is 5.54. The van der Waals surface area contributed by atoms with Crippen molar-refractivity contribution >= 4 is 32.3 Å². The molecule has 0 aromatic carbocycles. The number of sulfonamides is 1. The van der Waals surface area contributed by atoms with Gasteiger partial charge in [0, 0.05) is 32.4 Å². The molecule has 0 unspecified atom stereocenters. The summed E-state index contributed by atoms with van der Waals surface area (Å²) in [5, 5.41) is 7.34. The first-order chi connectivity index (χ1) is 10.1. The molecule has 0 spiro atoms. The van der Waals surface area contributed by atoms with Gasteiger partial charge in [0.1, 0.15) is 5.82 Å². The van der Waals surface area contributed by atoms with Gasteiger partial charge >= 0.3 is 0 Å². The fourth-order valence-corrected chi connectivity index (χ4v) is 4.48. The molecule has 3 rings (SSSR count). The third-order valence-electron chi connectivity index (χ3n) is 3.19. The number of hydrogen-bond acceptors (Lipinski definition) is 8. The fraction of sp³-hybridized carbons (Fsp3) is 0.364. The molecular weight excluding hydrogens is 312 g/mol. The number of anilines is 2. The number of nitrogens with two attached hydrogens (primary N) is 1. The molecule has 10 heteroatoms. The highest BCUT2D eigenvalue weighted by Crippen LogP contribution is 2.23. The van der Waals surface area contributed by atoms with Crippen LogP contribution in [0.2, 0.25) is 0 Å². The minimum Gasteiger partial charge on any atom is -0.374 e. The molecule has 0 amide bonds. The summed E-state index contributed by atoms with van der Waals surface area (Å²) < 4.78 is 26.1. The summed E-state index contributed by atoms with van der Waals surface area (Å²) in [6, 6.07) is 5.68. The standard InChI is InChI=1S/C11H14N6O2S2/c12-10-14-15-11(20-10)21(18,19)17-7-5-16(6-8-17)9-3-1-2-4-13-9/h1-4H,5-8H2,(H2,12,14). The number of nitrogens with zero attached hydrogens (tertiary/aromatic N) is 5. The van der Waals surface area contributed by atoms with Crippen molar-refractivity contribution in [3.8, 4) is 0 Å². The quantitative estimate of drug-likeness (QED) is 0.848. The van der Waals surface area contributed by atoms with Gasteiger partial charge in [0.25, 0.3) is 10.0 Å². The molecule has 1 aliphatic heterocycles. The molecule has 0 bridgehead atoms. The van der Waals surface area contributed by atoms with Gasteiger partial charge in [-0.1, -0.05) is 17.4 Å². The molecular formula is C11H14N6O2S2. The Morgan fingerprint density at radius 2 is 1.90 bits per heavy atom. The van der Waals surface area contributed by atoms with Crippen LogP contribution in [0.4, 0.5) is 10.9 Å². The van der Waals surface area contributed by atoms with Gasteiger partial charge in [-0.15, -0.1) is 10.2 Å². The molecule has 112 valence electrons. The number of aromatic nitrogens is 3. The van der Waals surface area contributed by atoms with Crippen LogP contribution in [0.5, 0.6) is 0 Å². The molecule has 21 heavy (non-hydrogen) atoms. The van der Waals surface area contributed by atoms with Gasteiger partial charge in [-0.25, -0.2) is 13.4 Å². The SMILES string of the molecule is Nc1nnc(S(=O)(=O)N2CCN(c3ccccn3)CC2)s1. The topological polar surface area (TPSA) is 105 Å². The molecule has 2 aromatic heterocycles. The number of hydrogen-bond donors (Lipinski definition) is 1. The van der Waals surface area contributed by atoms with E-state index in [1.165, 1.54) is 4.31 Å². The molecule has 2 N–H and O–H groups in total. The maximum absolute atomic E-state index is 12.4. The molecule has 0 atom stereocenters. The molecule has 2 aromatic rings. The maximum atomic E-state index is 12.4. The first-order valence-electron chi connectivity index (χ1n) is 6.32. The minimum atomic E-state index is -3.60. The smallest absolute Gasteiger partial charge is 0.272 e. The van der Waals surface area contributed by atoms with Gasteiger partial charge < -0.3 is 10.6 Å². The monoisotopic (exact) mass is 326 g/mol. The van der Waals surface area contributed by atoms with E-state index < -0.39 is 10.0 Å². The van der Waals surface area contributed by atoms with E-state index in [4.69, 9.17) is 5.73 Å². The van der Waals surface area contributed by atoms with Crippen molar-refractivity contribution in [1.29, 1.82) is 0 Å². The highest BCUT2D eigenvalue weighted by molar-refractivity contribution is 7.91. The zero-order chi connectivity index (χ0) is 14.9. The van der Waals surface area contributed by atoms with Crippen molar-refractivity contribution in [3.05, 3.63) is 24.4 Å². The highest BCUT2D eigenvalue weighted by atomic mass is 32.2. The molecule has 1 fully saturated rings. The first kappa shape index (κ1) is 14.2. The van der Waals surface area contributed by atoms with Crippen LogP contribution in [-0.4, -0.2) is 54.1 Å². The van der Waals surface area contributed by atoms with Gasteiger partial charge in [0.15, 0.2) is 0 Å². The molecule has 1 saturated heterocycles. The lowest BCUT2D eigenvalue weighted by Crippen LogP contribution is -2.48. The largest absolute Gasteiger partial charge is 0.374 e. The molecule has 0 saturated carbocycles. The predicted molar refractivity (Wildman–Crippen MR) is 79.5 cm³/mol. The number of pyridine rings is 1. The first-order valence-corrected chi connectivity index (χ1v) is 8.58. The van der Waals surface area contributed by atoms with Crippen LogP contribution in [0.25, 0.3) is 0 Å². The molecule has 3 heterocycles. The van der Waals surface area contributed by atoms with Gasteiger partial charge in [-0.3, -0.25) is 0 Å². The van der Waals surface area contributed by atoms with Crippen LogP contribution in [-0.2, 0) is 10.0 Å². The summed E-state index contributed by atoms with van der Waals surface area (Å²) in [5.74, 6) is 0.856. The van der Waals surface area contributed by atoms with Crippen molar-refractivity contribution < 1.29 is 8.42 Å². The van der Waals surface area contributed by atoms with Gasteiger partial charge in [-0.2, -0.15) is 4.31 Å². The summed E-state index contributed by atoms with van der Waals surface area (Å²) in [5.41, 5.74) is 5.45. The van der Waals surface area contributed by atoms with Crippen LogP contribution < -0.4 is 10.6 Å². The van der Waals surface area contributed by atoms with Gasteiger partial charge in [0.05, 0.1) is 0 Å². The Kier molecular flexibility index (Phi) is 3.74. The van der Waals surface area contributed by atoms with Crippen LogP contribution in [0.3, 0.4) is 0 Å². The minimum absolute atomic E-state index is 0.0497. The summed E-state index contributed by atoms with van der Waals surface area (Å²) >= 11 is 0.885. The van der Waals surface area contributed by atoms with Crippen LogP contribution in [0, 0.1) is 0 Å². The summed E-state index contributed by atoms with van der Waals surface area (Å²) in [4.78, 5) is 6.33. The second-order valence-corrected chi connectivity index (χ2v) is 7.61. The van der Waals surface area contributed by atoms with Crippen LogP contribution >= 0.6 is 11.3 Å². The van der Waals surface area contributed by atoms with Crippen LogP contribution in [0.1, 0.15) is 0 Å². The van der Waals surface area contributed by atoms with E-state index in [9.17, 15) is 8.42 Å². The van der Waals surface area contributed by atoms with E-state index >= 15 is 0 Å². The Hall–Kier alpha value is -1.78. The predicted octanol–water partition coefficient (Wildman–Crippen LogP) is 0.0262. The third kappa shape index (κ3) is 2.82. The number of nitrogen functional groups attached to an aromatic ring is 1. The van der Waals surface area contributed by atoms with Crippen molar-refractivity contribution in [2.24, 2.45) is 0 Å². The normalized spacial score (nSPS) is 17.0. The third-order valence-corrected chi connectivity index (χ3v) is 6.19. The van der Waals surface area contributed by atoms with E-state index in [0.29, 0.717) is 26.2 Å². The molecule has 0 aliphatic carbocycles. The van der Waals surface area contributed by atoms with Crippen molar-refractivity contribution in [2.75, 3.05) is 36.8 Å². The lowest BCUT2D eigenvalue weighted by atomic mass is 10.3. The number of rotatable bonds is 3. The summed E-state index contributed by atoms with van der Waals surface area (Å²) in [6.07, 6.45) is 1.72. The van der Waals surface area contributed by atoms with Crippen molar-refractivity contribution in [1.82, 2.24) is 19.5 Å². The van der Waals surface area contributed by atoms with E-state index in [1.54, 1.807) is 6.20 Å². The fourth-order valence-electron chi connectivity index (χ4n) is 2.13. The summed E-state index contributed by atoms with van der Waals surface area (Å²) in [6.45, 7) is 1.95. The van der Waals surface area contributed by atoms with E-state index in [0.717, 1.165) is 17.2 Å². The molecule has 1 aliphatic rings. The molecule has 8 nitrogen and oxygen atoms in total. The Labute approximate surface area is 126 Å². The summed E-state index contributed by atoms with van der Waals surface area (Å²) in [7, 11) is -3.60. The molecule has 0 radical (unpaired) electrons. The van der Waals surface area contributed by atoms with E-state index in [2.05, 4.69) is 20.1 Å². The Balaban J connectivity index is 1.71. The van der Waals surface area contributed by atoms with Gasteiger partial charge in [-0.05, 0) is 12.1 Å². The maximum Gasteiger partial charge on any atom is 0.272 e. The van der Waals surface area contributed by atoms with E-state index in [-0.39, 0.29) is 9.47 Å². The van der Waals surface area contributed by atoms with Gasteiger partial charge in [0.2, 0.25) is 9.47 Å². The average Bonchev–Trinajstić information content (AvgIpc) is 2.96. The van der Waals surface area contributed by atoms with Crippen molar-refractivity contribution in [2.45, 2.75) is 4.34 Å². The second-order valence-electron chi connectivity index (χ2n) is 4.49. The van der Waals surface area contributed by atoms with Crippen molar-refractivity contribution in [3.63, 3.8) is 0 Å². The lowest BCUT2D eigenvalue weighted by Gasteiger charge is -2.33. The highest BCUT2D eigenvalue weighted by Gasteiger charge is 2.31. The zero-order valence-corrected chi connectivity index (χ0v) is 12.7. The Morgan fingerprint density at radius 1 is 1.14 bits per heavy atom. The average molecular weight is 326 g/mol. The van der Waals surface area contributed by atoms with Crippen LogP contribution in [0.15, 0.2) is 28.7 Å². The Morgan fingerprint density at radius 3 is 2.48 bits per heavy atom. The van der Waals surface area contributed by atoms with E-state index in [1.807, 2.05) is 18.2 Å².